The lowest BCUT2D eigenvalue weighted by atomic mass is 10.1. The minimum atomic E-state index is 0.625. The third kappa shape index (κ3) is 4.69. The van der Waals surface area contributed by atoms with Crippen LogP contribution in [0, 0.1) is 13.8 Å². The maximum atomic E-state index is 5.81. The second-order valence-corrected chi connectivity index (χ2v) is 5.16. The molecule has 0 aliphatic carbocycles. The van der Waals surface area contributed by atoms with Gasteiger partial charge >= 0.3 is 0 Å². The summed E-state index contributed by atoms with van der Waals surface area (Å²) in [6.07, 6.45) is 0.840. The minimum absolute atomic E-state index is 0.625. The molecule has 3 heteroatoms. The van der Waals surface area contributed by atoms with Crippen molar-refractivity contribution < 1.29 is 14.2 Å². The first kappa shape index (κ1) is 16.2. The van der Waals surface area contributed by atoms with Crippen LogP contribution in [-0.2, 0) is 0 Å². The lowest BCUT2D eigenvalue weighted by Gasteiger charge is -2.11. The van der Waals surface area contributed by atoms with E-state index in [0.717, 1.165) is 23.7 Å². The molecule has 0 N–H and O–H groups in total. The summed E-state index contributed by atoms with van der Waals surface area (Å²) in [5, 5.41) is 0. The molecule has 0 heterocycles. The highest BCUT2D eigenvalue weighted by Gasteiger charge is 2.02. The van der Waals surface area contributed by atoms with Crippen molar-refractivity contribution in [3.8, 4) is 17.2 Å². The van der Waals surface area contributed by atoms with Gasteiger partial charge in [0.25, 0.3) is 0 Å². The van der Waals surface area contributed by atoms with Crippen molar-refractivity contribution in [1.29, 1.82) is 0 Å². The van der Waals surface area contributed by atoms with Gasteiger partial charge < -0.3 is 14.2 Å². The zero-order chi connectivity index (χ0) is 15.8. The van der Waals surface area contributed by atoms with Gasteiger partial charge in [-0.25, -0.2) is 0 Å². The highest BCUT2D eigenvalue weighted by Crippen LogP contribution is 2.21. The van der Waals surface area contributed by atoms with Crippen molar-refractivity contribution in [2.75, 3.05) is 19.8 Å². The lowest BCUT2D eigenvalue weighted by molar-refractivity contribution is 0.245. The Hall–Kier alpha value is -2.16. The number of rotatable bonds is 8. The summed E-state index contributed by atoms with van der Waals surface area (Å²) < 4.78 is 17.0. The van der Waals surface area contributed by atoms with Crippen LogP contribution in [0.25, 0.3) is 0 Å². The molecule has 0 spiro atoms. The molecule has 0 bridgehead atoms. The van der Waals surface area contributed by atoms with E-state index in [1.807, 2.05) is 43.3 Å². The lowest BCUT2D eigenvalue weighted by Crippen LogP contribution is -2.06. The van der Waals surface area contributed by atoms with Gasteiger partial charge in [-0.1, -0.05) is 18.2 Å². The van der Waals surface area contributed by atoms with Gasteiger partial charge in [0.2, 0.25) is 0 Å². The fraction of sp³-hybridized carbons (Fsp3) is 0.368. The molecular formula is C19H24O3. The second kappa shape index (κ2) is 8.32. The standard InChI is InChI=1S/C19H24O3/c1-4-20-17-9-6-10-18(14-17)21-12-7-13-22-19-11-5-8-15(2)16(19)3/h5-6,8-11,14H,4,7,12-13H2,1-3H3. The van der Waals surface area contributed by atoms with Crippen LogP contribution >= 0.6 is 0 Å². The highest BCUT2D eigenvalue weighted by atomic mass is 16.5. The predicted octanol–water partition coefficient (Wildman–Crippen LogP) is 4.55. The molecule has 0 saturated heterocycles. The van der Waals surface area contributed by atoms with Gasteiger partial charge in [-0.2, -0.15) is 0 Å². The van der Waals surface area contributed by atoms with E-state index in [2.05, 4.69) is 19.9 Å². The molecule has 118 valence electrons. The fourth-order valence-electron chi connectivity index (χ4n) is 2.13. The van der Waals surface area contributed by atoms with Gasteiger partial charge in [0.05, 0.1) is 19.8 Å². The Balaban J connectivity index is 1.73. The third-order valence-electron chi connectivity index (χ3n) is 3.49. The van der Waals surface area contributed by atoms with E-state index < -0.39 is 0 Å². The Morgan fingerprint density at radius 3 is 2.27 bits per heavy atom. The van der Waals surface area contributed by atoms with E-state index in [-0.39, 0.29) is 0 Å². The predicted molar refractivity (Wildman–Crippen MR) is 89.1 cm³/mol. The van der Waals surface area contributed by atoms with Gasteiger partial charge in [-0.05, 0) is 50.1 Å². The van der Waals surface area contributed by atoms with Gasteiger partial charge in [0.1, 0.15) is 17.2 Å². The molecule has 0 fully saturated rings. The zero-order valence-electron chi connectivity index (χ0n) is 13.6. The maximum absolute atomic E-state index is 5.81. The monoisotopic (exact) mass is 300 g/mol. The molecule has 0 saturated carbocycles. The number of aryl methyl sites for hydroxylation is 1. The van der Waals surface area contributed by atoms with Crippen molar-refractivity contribution in [3.05, 3.63) is 53.6 Å². The first-order chi connectivity index (χ1) is 10.7. The molecule has 0 aliphatic rings. The topological polar surface area (TPSA) is 27.7 Å². The third-order valence-corrected chi connectivity index (χ3v) is 3.49. The van der Waals surface area contributed by atoms with Crippen LogP contribution in [-0.4, -0.2) is 19.8 Å². The maximum Gasteiger partial charge on any atom is 0.122 e. The van der Waals surface area contributed by atoms with E-state index in [0.29, 0.717) is 19.8 Å². The van der Waals surface area contributed by atoms with Crippen molar-refractivity contribution in [2.45, 2.75) is 27.2 Å². The molecule has 0 aliphatic heterocycles. The van der Waals surface area contributed by atoms with E-state index in [1.165, 1.54) is 11.1 Å². The molecule has 3 nitrogen and oxygen atoms in total. The van der Waals surface area contributed by atoms with Crippen LogP contribution in [0.5, 0.6) is 17.2 Å². The van der Waals surface area contributed by atoms with Crippen molar-refractivity contribution in [2.24, 2.45) is 0 Å². The summed E-state index contributed by atoms with van der Waals surface area (Å²) in [4.78, 5) is 0. The van der Waals surface area contributed by atoms with Gasteiger partial charge in [-0.3, -0.25) is 0 Å². The van der Waals surface area contributed by atoms with E-state index in [1.54, 1.807) is 0 Å². The van der Waals surface area contributed by atoms with Crippen LogP contribution in [0.2, 0.25) is 0 Å². The summed E-state index contributed by atoms with van der Waals surface area (Å²) in [7, 11) is 0. The summed E-state index contributed by atoms with van der Waals surface area (Å²) in [6, 6.07) is 13.8. The molecule has 0 amide bonds. The Morgan fingerprint density at radius 1 is 0.818 bits per heavy atom. The van der Waals surface area contributed by atoms with Crippen LogP contribution in [0.3, 0.4) is 0 Å². The molecular weight excluding hydrogens is 276 g/mol. The van der Waals surface area contributed by atoms with Gasteiger partial charge in [0, 0.05) is 12.5 Å². The molecule has 22 heavy (non-hydrogen) atoms. The van der Waals surface area contributed by atoms with Crippen molar-refractivity contribution in [1.82, 2.24) is 0 Å². The number of benzene rings is 2. The second-order valence-electron chi connectivity index (χ2n) is 5.16. The largest absolute Gasteiger partial charge is 0.494 e. The molecule has 0 aromatic heterocycles. The van der Waals surface area contributed by atoms with E-state index >= 15 is 0 Å². The summed E-state index contributed by atoms with van der Waals surface area (Å²) in [5.74, 6) is 2.63. The normalized spacial score (nSPS) is 10.3. The molecule has 2 aromatic carbocycles. The number of ether oxygens (including phenoxy) is 3. The molecule has 2 aromatic rings. The molecule has 0 radical (unpaired) electrons. The number of hydrogen-bond acceptors (Lipinski definition) is 3. The van der Waals surface area contributed by atoms with Crippen LogP contribution in [0.1, 0.15) is 24.5 Å². The average molecular weight is 300 g/mol. The van der Waals surface area contributed by atoms with Crippen LogP contribution in [0.4, 0.5) is 0 Å². The SMILES string of the molecule is CCOc1cccc(OCCCOc2cccc(C)c2C)c1. The zero-order valence-corrected chi connectivity index (χ0v) is 13.6. The number of hydrogen-bond donors (Lipinski definition) is 0. The van der Waals surface area contributed by atoms with Gasteiger partial charge in [-0.15, -0.1) is 0 Å². The Labute approximate surface area is 132 Å². The summed E-state index contributed by atoms with van der Waals surface area (Å²) in [5.41, 5.74) is 2.45. The van der Waals surface area contributed by atoms with E-state index in [4.69, 9.17) is 14.2 Å². The molecule has 0 unspecified atom stereocenters. The highest BCUT2D eigenvalue weighted by molar-refractivity contribution is 5.38. The van der Waals surface area contributed by atoms with Crippen LogP contribution in [0.15, 0.2) is 42.5 Å². The van der Waals surface area contributed by atoms with Crippen molar-refractivity contribution in [3.63, 3.8) is 0 Å². The molecule has 2 rings (SSSR count). The van der Waals surface area contributed by atoms with Crippen LogP contribution < -0.4 is 14.2 Å². The quantitative estimate of drug-likeness (QED) is 0.669. The fourth-order valence-corrected chi connectivity index (χ4v) is 2.13. The molecule has 0 atom stereocenters. The Morgan fingerprint density at radius 2 is 1.50 bits per heavy atom. The first-order valence-corrected chi connectivity index (χ1v) is 7.75. The summed E-state index contributed by atoms with van der Waals surface area (Å²) >= 11 is 0. The van der Waals surface area contributed by atoms with E-state index in [9.17, 15) is 0 Å². The Kier molecular flexibility index (Phi) is 6.13. The minimum Gasteiger partial charge on any atom is -0.494 e. The first-order valence-electron chi connectivity index (χ1n) is 7.75. The average Bonchev–Trinajstić information content (AvgIpc) is 2.52. The van der Waals surface area contributed by atoms with Gasteiger partial charge in [0.15, 0.2) is 0 Å². The van der Waals surface area contributed by atoms with Crippen molar-refractivity contribution >= 4 is 0 Å². The summed E-state index contributed by atoms with van der Waals surface area (Å²) in [6.45, 7) is 8.08. The Bertz CT molecular complexity index is 593. The smallest absolute Gasteiger partial charge is 0.122 e.